The Morgan fingerprint density at radius 3 is 2.47 bits per heavy atom. The highest BCUT2D eigenvalue weighted by atomic mass is 15.2. The maximum absolute atomic E-state index is 5.69. The van der Waals surface area contributed by atoms with Crippen molar-refractivity contribution in [1.82, 2.24) is 4.90 Å². The average molecular weight is 235 g/mol. The third-order valence-corrected chi connectivity index (χ3v) is 2.82. The fourth-order valence-electron chi connectivity index (χ4n) is 1.84. The summed E-state index contributed by atoms with van der Waals surface area (Å²) in [6, 6.07) is 8.55. The van der Waals surface area contributed by atoms with Crippen LogP contribution in [0.25, 0.3) is 0 Å². The van der Waals surface area contributed by atoms with Crippen LogP contribution in [0.5, 0.6) is 0 Å². The molecule has 0 radical (unpaired) electrons. The van der Waals surface area contributed by atoms with Crippen LogP contribution >= 0.6 is 0 Å². The quantitative estimate of drug-likeness (QED) is 0.784. The summed E-state index contributed by atoms with van der Waals surface area (Å²) in [5, 5.41) is 0. The molecule has 0 atom stereocenters. The van der Waals surface area contributed by atoms with Crippen LogP contribution in [-0.4, -0.2) is 38.6 Å². The highest BCUT2D eigenvalue weighted by Crippen LogP contribution is 2.16. The van der Waals surface area contributed by atoms with Crippen LogP contribution in [0.15, 0.2) is 24.3 Å². The Kier molecular flexibility index (Phi) is 6.01. The third kappa shape index (κ3) is 4.75. The summed E-state index contributed by atoms with van der Waals surface area (Å²) in [5.41, 5.74) is 8.18. The maximum atomic E-state index is 5.69. The predicted molar refractivity (Wildman–Crippen MR) is 75.4 cm³/mol. The lowest BCUT2D eigenvalue weighted by Crippen LogP contribution is -2.32. The fraction of sp³-hybridized carbons (Fsp3) is 0.571. The lowest BCUT2D eigenvalue weighted by Gasteiger charge is -2.26. The van der Waals surface area contributed by atoms with Gasteiger partial charge in [-0.3, -0.25) is 0 Å². The van der Waals surface area contributed by atoms with E-state index in [2.05, 4.69) is 55.1 Å². The number of nitrogens with two attached hydrogens (primary N) is 1. The monoisotopic (exact) mass is 235 g/mol. The first-order valence-corrected chi connectivity index (χ1v) is 6.36. The molecule has 0 bridgehead atoms. The molecule has 0 fully saturated rings. The van der Waals surface area contributed by atoms with E-state index in [9.17, 15) is 0 Å². The number of hydrogen-bond donors (Lipinski definition) is 1. The second-order valence-electron chi connectivity index (χ2n) is 4.66. The van der Waals surface area contributed by atoms with Crippen LogP contribution < -0.4 is 10.6 Å². The molecule has 0 amide bonds. The van der Waals surface area contributed by atoms with Gasteiger partial charge in [0.25, 0.3) is 0 Å². The molecule has 0 saturated heterocycles. The summed E-state index contributed by atoms with van der Waals surface area (Å²) >= 11 is 0. The van der Waals surface area contributed by atoms with Crippen LogP contribution in [0.1, 0.15) is 18.9 Å². The number of benzene rings is 1. The Labute approximate surface area is 105 Å². The Morgan fingerprint density at radius 2 is 1.88 bits per heavy atom. The van der Waals surface area contributed by atoms with E-state index in [0.717, 1.165) is 19.6 Å². The minimum absolute atomic E-state index is 0.613. The SMILES string of the molecule is CCCN(CCN(C)C)c1cccc(CN)c1. The molecule has 0 heterocycles. The van der Waals surface area contributed by atoms with Gasteiger partial charge in [-0.25, -0.2) is 0 Å². The van der Waals surface area contributed by atoms with Crippen LogP contribution in [0.3, 0.4) is 0 Å². The summed E-state index contributed by atoms with van der Waals surface area (Å²) in [4.78, 5) is 4.65. The van der Waals surface area contributed by atoms with Gasteiger partial charge in [0.05, 0.1) is 0 Å². The molecule has 0 aliphatic heterocycles. The van der Waals surface area contributed by atoms with E-state index >= 15 is 0 Å². The molecular formula is C14H25N3. The highest BCUT2D eigenvalue weighted by Gasteiger charge is 2.06. The second-order valence-corrected chi connectivity index (χ2v) is 4.66. The highest BCUT2D eigenvalue weighted by molar-refractivity contribution is 5.48. The van der Waals surface area contributed by atoms with Gasteiger partial charge in [-0.1, -0.05) is 19.1 Å². The van der Waals surface area contributed by atoms with E-state index in [1.54, 1.807) is 0 Å². The summed E-state index contributed by atoms with van der Waals surface area (Å²) in [6.07, 6.45) is 1.17. The molecular weight excluding hydrogens is 210 g/mol. The summed E-state index contributed by atoms with van der Waals surface area (Å²) < 4.78 is 0. The zero-order chi connectivity index (χ0) is 12.7. The van der Waals surface area contributed by atoms with Gasteiger partial charge in [0.1, 0.15) is 0 Å². The number of likely N-dealkylation sites (N-methyl/N-ethyl adjacent to an activating group) is 1. The van der Waals surface area contributed by atoms with Crippen molar-refractivity contribution in [3.8, 4) is 0 Å². The number of nitrogens with zero attached hydrogens (tertiary/aromatic N) is 2. The minimum atomic E-state index is 0.613. The normalized spacial score (nSPS) is 10.9. The van der Waals surface area contributed by atoms with Gasteiger partial charge < -0.3 is 15.5 Å². The molecule has 2 N–H and O–H groups in total. The van der Waals surface area contributed by atoms with E-state index < -0.39 is 0 Å². The maximum Gasteiger partial charge on any atom is 0.0369 e. The molecule has 0 aliphatic rings. The molecule has 0 saturated carbocycles. The summed E-state index contributed by atoms with van der Waals surface area (Å²) in [5.74, 6) is 0. The first kappa shape index (κ1) is 14.0. The molecule has 3 heteroatoms. The zero-order valence-corrected chi connectivity index (χ0v) is 11.3. The van der Waals surface area contributed by atoms with Crippen molar-refractivity contribution in [3.63, 3.8) is 0 Å². The van der Waals surface area contributed by atoms with Gasteiger partial charge >= 0.3 is 0 Å². The van der Waals surface area contributed by atoms with Gasteiger partial charge in [-0.05, 0) is 38.2 Å². The number of hydrogen-bond acceptors (Lipinski definition) is 3. The van der Waals surface area contributed by atoms with Crippen molar-refractivity contribution in [3.05, 3.63) is 29.8 Å². The predicted octanol–water partition coefficient (Wildman–Crippen LogP) is 1.92. The second kappa shape index (κ2) is 7.30. The number of anilines is 1. The van der Waals surface area contributed by atoms with Crippen molar-refractivity contribution in [1.29, 1.82) is 0 Å². The first-order valence-electron chi connectivity index (χ1n) is 6.36. The van der Waals surface area contributed by atoms with Crippen LogP contribution in [0.2, 0.25) is 0 Å². The molecule has 1 rings (SSSR count). The summed E-state index contributed by atoms with van der Waals surface area (Å²) in [6.45, 7) is 6.07. The van der Waals surface area contributed by atoms with Crippen molar-refractivity contribution in [2.24, 2.45) is 5.73 Å². The van der Waals surface area contributed by atoms with Crippen molar-refractivity contribution in [2.75, 3.05) is 38.6 Å². The Balaban J connectivity index is 2.73. The van der Waals surface area contributed by atoms with Gasteiger partial charge in [-0.15, -0.1) is 0 Å². The Bertz CT molecular complexity index is 323. The van der Waals surface area contributed by atoms with Crippen LogP contribution in [0, 0.1) is 0 Å². The molecule has 0 aliphatic carbocycles. The molecule has 1 aromatic rings. The zero-order valence-electron chi connectivity index (χ0n) is 11.3. The molecule has 1 aromatic carbocycles. The van der Waals surface area contributed by atoms with Crippen molar-refractivity contribution < 1.29 is 0 Å². The molecule has 17 heavy (non-hydrogen) atoms. The van der Waals surface area contributed by atoms with Gasteiger partial charge in [-0.2, -0.15) is 0 Å². The smallest absolute Gasteiger partial charge is 0.0369 e. The molecule has 96 valence electrons. The third-order valence-electron chi connectivity index (χ3n) is 2.82. The average Bonchev–Trinajstić information content (AvgIpc) is 2.34. The van der Waals surface area contributed by atoms with E-state index in [-0.39, 0.29) is 0 Å². The topological polar surface area (TPSA) is 32.5 Å². The lowest BCUT2D eigenvalue weighted by atomic mass is 10.2. The minimum Gasteiger partial charge on any atom is -0.370 e. The lowest BCUT2D eigenvalue weighted by molar-refractivity contribution is 0.413. The molecule has 0 aromatic heterocycles. The standard InChI is InChI=1S/C14H25N3/c1-4-8-17(10-9-16(2)3)14-7-5-6-13(11-14)12-15/h5-7,11H,4,8-10,12,15H2,1-3H3. The van der Waals surface area contributed by atoms with Gasteiger partial charge in [0.2, 0.25) is 0 Å². The first-order chi connectivity index (χ1) is 8.17. The largest absolute Gasteiger partial charge is 0.370 e. The van der Waals surface area contributed by atoms with Gasteiger partial charge in [0, 0.05) is 31.9 Å². The van der Waals surface area contributed by atoms with Crippen molar-refractivity contribution >= 4 is 5.69 Å². The Morgan fingerprint density at radius 1 is 1.12 bits per heavy atom. The van der Waals surface area contributed by atoms with Crippen LogP contribution in [-0.2, 0) is 6.54 Å². The van der Waals surface area contributed by atoms with Crippen molar-refractivity contribution in [2.45, 2.75) is 19.9 Å². The molecule has 3 nitrogen and oxygen atoms in total. The summed E-state index contributed by atoms with van der Waals surface area (Å²) in [7, 11) is 4.22. The van der Waals surface area contributed by atoms with E-state index in [1.807, 2.05) is 0 Å². The van der Waals surface area contributed by atoms with Crippen LogP contribution in [0.4, 0.5) is 5.69 Å². The molecule has 0 unspecified atom stereocenters. The fourth-order valence-corrected chi connectivity index (χ4v) is 1.84. The number of rotatable bonds is 7. The van der Waals surface area contributed by atoms with Gasteiger partial charge in [0.15, 0.2) is 0 Å². The van der Waals surface area contributed by atoms with E-state index in [1.165, 1.54) is 17.7 Å². The van der Waals surface area contributed by atoms with E-state index in [0.29, 0.717) is 6.54 Å². The van der Waals surface area contributed by atoms with E-state index in [4.69, 9.17) is 5.73 Å². The molecule has 0 spiro atoms. The Hall–Kier alpha value is -1.06.